The molecule has 0 heterocycles. The van der Waals surface area contributed by atoms with Gasteiger partial charge in [-0.2, -0.15) is 0 Å². The van der Waals surface area contributed by atoms with Crippen molar-refractivity contribution in [2.45, 2.75) is 26.3 Å². The molecule has 1 saturated carbocycles. The molecule has 1 aliphatic rings. The highest BCUT2D eigenvalue weighted by Gasteiger charge is 2.50. The van der Waals surface area contributed by atoms with Crippen LogP contribution in [0.15, 0.2) is 24.3 Å². The standard InChI is InChI=1S/C14H19FN2O/c1-2-17(13(18)14(10-16)6-7-14)9-11-4-3-5-12(15)8-11/h3-5,8H,2,6-7,9-10,16H2,1H3. The Hall–Kier alpha value is -1.42. The molecule has 1 aromatic rings. The van der Waals surface area contributed by atoms with Crippen molar-refractivity contribution >= 4 is 5.91 Å². The van der Waals surface area contributed by atoms with E-state index in [0.29, 0.717) is 19.6 Å². The quantitative estimate of drug-likeness (QED) is 0.867. The third kappa shape index (κ3) is 2.53. The number of carbonyl (C=O) groups excluding carboxylic acids is 1. The third-order valence-corrected chi connectivity index (χ3v) is 3.63. The Morgan fingerprint density at radius 1 is 1.50 bits per heavy atom. The molecule has 0 aliphatic heterocycles. The van der Waals surface area contributed by atoms with Crippen molar-refractivity contribution in [1.82, 2.24) is 4.90 Å². The lowest BCUT2D eigenvalue weighted by atomic mass is 10.1. The molecule has 0 saturated heterocycles. The molecule has 0 aromatic heterocycles. The second-order valence-electron chi connectivity index (χ2n) is 4.93. The van der Waals surface area contributed by atoms with Crippen LogP contribution in [0.2, 0.25) is 0 Å². The second-order valence-corrected chi connectivity index (χ2v) is 4.93. The Morgan fingerprint density at radius 3 is 2.72 bits per heavy atom. The number of nitrogens with two attached hydrogens (primary N) is 1. The molecule has 3 nitrogen and oxygen atoms in total. The highest BCUT2D eigenvalue weighted by atomic mass is 19.1. The predicted molar refractivity (Wildman–Crippen MR) is 68.2 cm³/mol. The SMILES string of the molecule is CCN(Cc1cccc(F)c1)C(=O)C1(CN)CC1. The molecule has 0 radical (unpaired) electrons. The fraction of sp³-hybridized carbons (Fsp3) is 0.500. The lowest BCUT2D eigenvalue weighted by Gasteiger charge is -2.25. The third-order valence-electron chi connectivity index (χ3n) is 3.63. The first kappa shape index (κ1) is 13.0. The summed E-state index contributed by atoms with van der Waals surface area (Å²) >= 11 is 0. The smallest absolute Gasteiger partial charge is 0.230 e. The van der Waals surface area contributed by atoms with E-state index in [0.717, 1.165) is 18.4 Å². The fourth-order valence-electron chi connectivity index (χ4n) is 2.17. The van der Waals surface area contributed by atoms with Gasteiger partial charge in [0.25, 0.3) is 0 Å². The van der Waals surface area contributed by atoms with Crippen LogP contribution < -0.4 is 5.73 Å². The highest BCUT2D eigenvalue weighted by molar-refractivity contribution is 5.85. The van der Waals surface area contributed by atoms with Gasteiger partial charge in [-0.25, -0.2) is 4.39 Å². The van der Waals surface area contributed by atoms with Crippen LogP contribution in [0.25, 0.3) is 0 Å². The van der Waals surface area contributed by atoms with Crippen LogP contribution in [0.3, 0.4) is 0 Å². The molecular weight excluding hydrogens is 231 g/mol. The van der Waals surface area contributed by atoms with Crippen LogP contribution in [0.5, 0.6) is 0 Å². The Kier molecular flexibility index (Phi) is 3.66. The average molecular weight is 250 g/mol. The maximum atomic E-state index is 13.1. The summed E-state index contributed by atoms with van der Waals surface area (Å²) in [5.41, 5.74) is 6.16. The van der Waals surface area contributed by atoms with Gasteiger partial charge < -0.3 is 10.6 Å². The molecule has 98 valence electrons. The van der Waals surface area contributed by atoms with E-state index >= 15 is 0 Å². The van der Waals surface area contributed by atoms with Crippen molar-refractivity contribution < 1.29 is 9.18 Å². The number of hydrogen-bond donors (Lipinski definition) is 1. The van der Waals surface area contributed by atoms with Crippen LogP contribution >= 0.6 is 0 Å². The number of amides is 1. The summed E-state index contributed by atoms with van der Waals surface area (Å²) in [6.07, 6.45) is 1.75. The van der Waals surface area contributed by atoms with Gasteiger partial charge in [0.15, 0.2) is 0 Å². The molecule has 0 bridgehead atoms. The largest absolute Gasteiger partial charge is 0.338 e. The van der Waals surface area contributed by atoms with Gasteiger partial charge in [-0.1, -0.05) is 12.1 Å². The molecule has 1 fully saturated rings. The lowest BCUT2D eigenvalue weighted by molar-refractivity contribution is -0.137. The van der Waals surface area contributed by atoms with Gasteiger partial charge in [-0.3, -0.25) is 4.79 Å². The highest BCUT2D eigenvalue weighted by Crippen LogP contribution is 2.46. The summed E-state index contributed by atoms with van der Waals surface area (Å²) in [4.78, 5) is 14.1. The van der Waals surface area contributed by atoms with Gasteiger partial charge in [-0.05, 0) is 37.5 Å². The Labute approximate surface area is 107 Å². The van der Waals surface area contributed by atoms with Crippen molar-refractivity contribution in [2.75, 3.05) is 13.1 Å². The van der Waals surface area contributed by atoms with Crippen molar-refractivity contribution in [3.63, 3.8) is 0 Å². The van der Waals surface area contributed by atoms with Gasteiger partial charge in [-0.15, -0.1) is 0 Å². The molecule has 0 spiro atoms. The normalized spacial score (nSPS) is 16.4. The van der Waals surface area contributed by atoms with Crippen LogP contribution in [0.4, 0.5) is 4.39 Å². The Bertz CT molecular complexity index is 443. The van der Waals surface area contributed by atoms with E-state index in [9.17, 15) is 9.18 Å². The number of carbonyl (C=O) groups is 1. The molecule has 1 amide bonds. The predicted octanol–water partition coefficient (Wildman–Crippen LogP) is 1.91. The molecular formula is C14H19FN2O. The Morgan fingerprint density at radius 2 is 2.22 bits per heavy atom. The van der Waals surface area contributed by atoms with Crippen LogP contribution in [-0.4, -0.2) is 23.9 Å². The maximum Gasteiger partial charge on any atom is 0.230 e. The van der Waals surface area contributed by atoms with Gasteiger partial charge in [0.2, 0.25) is 5.91 Å². The maximum absolute atomic E-state index is 13.1. The molecule has 0 unspecified atom stereocenters. The summed E-state index contributed by atoms with van der Waals surface area (Å²) in [5, 5.41) is 0. The molecule has 4 heteroatoms. The summed E-state index contributed by atoms with van der Waals surface area (Å²) in [7, 11) is 0. The van der Waals surface area contributed by atoms with Gasteiger partial charge in [0.05, 0.1) is 5.41 Å². The molecule has 18 heavy (non-hydrogen) atoms. The topological polar surface area (TPSA) is 46.3 Å². The van der Waals surface area contributed by atoms with Crippen molar-refractivity contribution in [1.29, 1.82) is 0 Å². The monoisotopic (exact) mass is 250 g/mol. The van der Waals surface area contributed by atoms with E-state index in [-0.39, 0.29) is 17.1 Å². The fourth-order valence-corrected chi connectivity index (χ4v) is 2.17. The summed E-state index contributed by atoms with van der Waals surface area (Å²) in [5.74, 6) is -0.160. The van der Waals surface area contributed by atoms with E-state index in [4.69, 9.17) is 5.73 Å². The zero-order valence-corrected chi connectivity index (χ0v) is 10.7. The van der Waals surface area contributed by atoms with Gasteiger partial charge in [0.1, 0.15) is 5.82 Å². The van der Waals surface area contributed by atoms with Crippen molar-refractivity contribution in [2.24, 2.45) is 11.1 Å². The van der Waals surface area contributed by atoms with E-state index in [1.807, 2.05) is 13.0 Å². The minimum atomic E-state index is -0.330. The van der Waals surface area contributed by atoms with Crippen LogP contribution in [0, 0.1) is 11.2 Å². The van der Waals surface area contributed by atoms with Crippen LogP contribution in [0.1, 0.15) is 25.3 Å². The minimum Gasteiger partial charge on any atom is -0.338 e. The number of rotatable bonds is 5. The van der Waals surface area contributed by atoms with Crippen molar-refractivity contribution in [3.05, 3.63) is 35.6 Å². The second kappa shape index (κ2) is 5.06. The van der Waals surface area contributed by atoms with Crippen molar-refractivity contribution in [3.8, 4) is 0 Å². The lowest BCUT2D eigenvalue weighted by Crippen LogP contribution is -2.40. The Balaban J connectivity index is 2.08. The number of hydrogen-bond acceptors (Lipinski definition) is 2. The first-order chi connectivity index (χ1) is 8.61. The van der Waals surface area contributed by atoms with E-state index in [1.54, 1.807) is 11.0 Å². The summed E-state index contributed by atoms with van der Waals surface area (Å²) < 4.78 is 13.1. The molecule has 1 aliphatic carbocycles. The zero-order valence-electron chi connectivity index (χ0n) is 10.7. The van der Waals surface area contributed by atoms with Gasteiger partial charge >= 0.3 is 0 Å². The molecule has 0 atom stereocenters. The van der Waals surface area contributed by atoms with Gasteiger partial charge in [0, 0.05) is 19.6 Å². The zero-order chi connectivity index (χ0) is 13.2. The molecule has 1 aromatic carbocycles. The number of benzene rings is 1. The minimum absolute atomic E-state index is 0.108. The summed E-state index contributed by atoms with van der Waals surface area (Å²) in [6, 6.07) is 6.38. The average Bonchev–Trinajstić information content (AvgIpc) is 3.16. The number of nitrogens with zero attached hydrogens (tertiary/aromatic N) is 1. The first-order valence-corrected chi connectivity index (χ1v) is 6.35. The molecule has 2 N–H and O–H groups in total. The van der Waals surface area contributed by atoms with E-state index < -0.39 is 0 Å². The number of halogens is 1. The van der Waals surface area contributed by atoms with E-state index in [1.165, 1.54) is 12.1 Å². The molecule has 2 rings (SSSR count). The summed E-state index contributed by atoms with van der Waals surface area (Å²) in [6.45, 7) is 3.42. The first-order valence-electron chi connectivity index (χ1n) is 6.35. The van der Waals surface area contributed by atoms with Crippen LogP contribution in [-0.2, 0) is 11.3 Å². The van der Waals surface area contributed by atoms with E-state index in [2.05, 4.69) is 0 Å².